The van der Waals surface area contributed by atoms with E-state index in [4.69, 9.17) is 30.0 Å². The summed E-state index contributed by atoms with van der Waals surface area (Å²) in [6.07, 6.45) is 8.64. The number of benzene rings is 1. The molecule has 1 aromatic rings. The van der Waals surface area contributed by atoms with Gasteiger partial charge >= 0.3 is 11.9 Å². The van der Waals surface area contributed by atoms with Crippen LogP contribution in [0.15, 0.2) is 24.3 Å². The summed E-state index contributed by atoms with van der Waals surface area (Å²) in [7, 11) is 0. The molecule has 0 fully saturated rings. The summed E-state index contributed by atoms with van der Waals surface area (Å²) in [6.45, 7) is 0. The zero-order chi connectivity index (χ0) is 14.6. The molecule has 0 unspecified atom stereocenters. The van der Waals surface area contributed by atoms with Crippen molar-refractivity contribution in [2.45, 2.75) is 0 Å². The van der Waals surface area contributed by atoms with Crippen LogP contribution in [-0.4, -0.2) is 32.4 Å². The van der Waals surface area contributed by atoms with Gasteiger partial charge in [0.1, 0.15) is 11.5 Å². The van der Waals surface area contributed by atoms with Gasteiger partial charge in [-0.15, -0.1) is 12.8 Å². The first-order valence-electron chi connectivity index (χ1n) is 4.20. The fourth-order valence-corrected chi connectivity index (χ4v) is 0.453. The van der Waals surface area contributed by atoms with Gasteiger partial charge in [0.05, 0.1) is 0 Å². The topological polar surface area (TPSA) is 115 Å². The molecule has 6 nitrogen and oxygen atoms in total. The number of carboxylic acid groups (broad SMARTS) is 2. The number of aromatic hydroxyl groups is 2. The zero-order valence-electron chi connectivity index (χ0n) is 9.07. The van der Waals surface area contributed by atoms with E-state index in [2.05, 4.69) is 12.8 Å². The van der Waals surface area contributed by atoms with E-state index in [1.54, 1.807) is 0 Å². The second-order valence-electron chi connectivity index (χ2n) is 2.42. The Hall–Kier alpha value is -3.12. The van der Waals surface area contributed by atoms with Gasteiger partial charge in [0.15, 0.2) is 0 Å². The summed E-state index contributed by atoms with van der Waals surface area (Å²) < 4.78 is 0. The van der Waals surface area contributed by atoms with Crippen LogP contribution in [0.3, 0.4) is 0 Å². The Kier molecular flexibility index (Phi) is 9.98. The smallest absolute Gasteiger partial charge is 0.381 e. The molecule has 1 aromatic carbocycles. The number of phenols is 2. The average molecular weight is 250 g/mol. The number of carboxylic acids is 2. The molecule has 0 bridgehead atoms. The first-order valence-corrected chi connectivity index (χ1v) is 4.20. The molecule has 4 N–H and O–H groups in total. The van der Waals surface area contributed by atoms with E-state index in [9.17, 15) is 0 Å². The molecule has 0 heterocycles. The molecular weight excluding hydrogens is 240 g/mol. The Morgan fingerprint density at radius 2 is 1.00 bits per heavy atom. The molecule has 0 aliphatic carbocycles. The fraction of sp³-hybridized carbons (Fsp3) is 0. The van der Waals surface area contributed by atoms with Crippen LogP contribution in [0.5, 0.6) is 11.5 Å². The molecule has 0 aliphatic heterocycles. The summed E-state index contributed by atoms with van der Waals surface area (Å²) in [5.41, 5.74) is 0. The summed E-state index contributed by atoms with van der Waals surface area (Å²) in [5, 5.41) is 32.3. The van der Waals surface area contributed by atoms with Crippen molar-refractivity contribution in [3.05, 3.63) is 24.3 Å². The Balaban J connectivity index is 0. The van der Waals surface area contributed by atoms with Gasteiger partial charge in [0, 0.05) is 11.8 Å². The second-order valence-corrected chi connectivity index (χ2v) is 2.42. The number of terminal acetylenes is 2. The molecular formula is C12H10O6. The molecule has 94 valence electrons. The molecule has 0 saturated carbocycles. The monoisotopic (exact) mass is 250 g/mol. The lowest BCUT2D eigenvalue weighted by Crippen LogP contribution is -1.83. The van der Waals surface area contributed by atoms with Gasteiger partial charge in [0.25, 0.3) is 0 Å². The van der Waals surface area contributed by atoms with Gasteiger partial charge in [-0.2, -0.15) is 0 Å². The van der Waals surface area contributed by atoms with E-state index >= 15 is 0 Å². The van der Waals surface area contributed by atoms with Crippen molar-refractivity contribution in [3.63, 3.8) is 0 Å². The van der Waals surface area contributed by atoms with E-state index in [1.165, 1.54) is 36.1 Å². The highest BCUT2D eigenvalue weighted by molar-refractivity contribution is 5.85. The molecule has 0 saturated heterocycles. The van der Waals surface area contributed by atoms with Crippen molar-refractivity contribution < 1.29 is 30.0 Å². The molecule has 0 radical (unpaired) electrons. The molecule has 1 rings (SSSR count). The minimum Gasteiger partial charge on any atom is -0.508 e. The third-order valence-electron chi connectivity index (χ3n) is 1.10. The van der Waals surface area contributed by atoms with Crippen molar-refractivity contribution in [2.75, 3.05) is 0 Å². The second kappa shape index (κ2) is 10.4. The van der Waals surface area contributed by atoms with Crippen LogP contribution < -0.4 is 0 Å². The predicted octanol–water partition coefficient (Wildman–Crippen LogP) is 0.506. The lowest BCUT2D eigenvalue weighted by molar-refractivity contribution is -0.131. The highest BCUT2D eigenvalue weighted by atomic mass is 16.4. The summed E-state index contributed by atoms with van der Waals surface area (Å²) >= 11 is 0. The van der Waals surface area contributed by atoms with E-state index < -0.39 is 11.9 Å². The zero-order valence-corrected chi connectivity index (χ0v) is 9.07. The van der Waals surface area contributed by atoms with Gasteiger partial charge in [-0.05, 0) is 24.3 Å². The molecule has 0 aliphatic rings. The largest absolute Gasteiger partial charge is 0.508 e. The van der Waals surface area contributed by atoms with E-state index in [1.807, 2.05) is 0 Å². The average Bonchev–Trinajstić information content (AvgIpc) is 2.34. The summed E-state index contributed by atoms with van der Waals surface area (Å²) in [6, 6.07) is 5.70. The van der Waals surface area contributed by atoms with Crippen molar-refractivity contribution >= 4 is 11.9 Å². The third-order valence-corrected chi connectivity index (χ3v) is 1.10. The van der Waals surface area contributed by atoms with Gasteiger partial charge in [0.2, 0.25) is 0 Å². The lowest BCUT2D eigenvalue weighted by Gasteiger charge is -1.88. The number of hydrogen-bond acceptors (Lipinski definition) is 4. The lowest BCUT2D eigenvalue weighted by atomic mass is 10.3. The maximum Gasteiger partial charge on any atom is 0.381 e. The van der Waals surface area contributed by atoms with Crippen LogP contribution in [-0.2, 0) is 9.59 Å². The van der Waals surface area contributed by atoms with E-state index in [0.717, 1.165) is 0 Å². The first kappa shape index (κ1) is 17.3. The quantitative estimate of drug-likeness (QED) is 0.394. The number of carbonyl (C=O) groups is 2. The Morgan fingerprint density at radius 1 is 0.833 bits per heavy atom. The predicted molar refractivity (Wildman–Crippen MR) is 62.7 cm³/mol. The van der Waals surface area contributed by atoms with Gasteiger partial charge in [-0.25, -0.2) is 9.59 Å². The highest BCUT2D eigenvalue weighted by Gasteiger charge is 1.84. The molecule has 0 spiro atoms. The molecule has 0 amide bonds. The normalized spacial score (nSPS) is 7.00. The molecule has 0 aromatic heterocycles. The third kappa shape index (κ3) is 15.4. The first-order chi connectivity index (χ1) is 8.33. The Morgan fingerprint density at radius 3 is 1.11 bits per heavy atom. The van der Waals surface area contributed by atoms with Gasteiger partial charge < -0.3 is 20.4 Å². The van der Waals surface area contributed by atoms with Crippen molar-refractivity contribution in [3.8, 4) is 36.2 Å². The highest BCUT2D eigenvalue weighted by Crippen LogP contribution is 2.13. The van der Waals surface area contributed by atoms with Crippen LogP contribution >= 0.6 is 0 Å². The maximum atomic E-state index is 9.13. The minimum atomic E-state index is -1.22. The van der Waals surface area contributed by atoms with Crippen LogP contribution in [0.2, 0.25) is 0 Å². The number of phenolic OH excluding ortho intramolecular Hbond substituents is 2. The van der Waals surface area contributed by atoms with Crippen LogP contribution in [0.25, 0.3) is 0 Å². The van der Waals surface area contributed by atoms with Crippen LogP contribution in [0.4, 0.5) is 0 Å². The van der Waals surface area contributed by atoms with Gasteiger partial charge in [-0.1, -0.05) is 0 Å². The van der Waals surface area contributed by atoms with Crippen LogP contribution in [0, 0.1) is 24.7 Å². The van der Waals surface area contributed by atoms with E-state index in [-0.39, 0.29) is 11.5 Å². The van der Waals surface area contributed by atoms with Gasteiger partial charge in [-0.3, -0.25) is 0 Å². The molecule has 6 heteroatoms. The van der Waals surface area contributed by atoms with Crippen molar-refractivity contribution in [1.29, 1.82) is 0 Å². The Labute approximate surface area is 103 Å². The number of hydrogen-bond donors (Lipinski definition) is 4. The maximum absolute atomic E-state index is 9.13. The SMILES string of the molecule is C#CC(=O)O.C#CC(=O)O.Oc1ccc(O)cc1. The molecule has 0 atom stereocenters. The minimum absolute atomic E-state index is 0.169. The summed E-state index contributed by atoms with van der Waals surface area (Å²) in [4.78, 5) is 18.3. The Bertz CT molecular complexity index is 416. The standard InChI is InChI=1S/C6H6O2.2C3H2O2/c7-5-1-2-6(8)4-3-5;2*1-2-3(4)5/h1-4,7-8H;2*1H,(H,4,5). The van der Waals surface area contributed by atoms with Crippen molar-refractivity contribution in [2.24, 2.45) is 0 Å². The molecule has 18 heavy (non-hydrogen) atoms. The number of rotatable bonds is 0. The van der Waals surface area contributed by atoms with Crippen LogP contribution in [0.1, 0.15) is 0 Å². The van der Waals surface area contributed by atoms with E-state index in [0.29, 0.717) is 0 Å². The fourth-order valence-electron chi connectivity index (χ4n) is 0.453. The number of aliphatic carboxylic acids is 2. The summed E-state index contributed by atoms with van der Waals surface area (Å²) in [5.74, 6) is 0.792. The van der Waals surface area contributed by atoms with Crippen molar-refractivity contribution in [1.82, 2.24) is 0 Å².